The van der Waals surface area contributed by atoms with E-state index in [1.165, 1.54) is 24.3 Å². The molecule has 0 aromatic carbocycles. The van der Waals surface area contributed by atoms with Crippen LogP contribution in [0.25, 0.3) is 0 Å². The van der Waals surface area contributed by atoms with Crippen LogP contribution >= 0.6 is 11.6 Å². The van der Waals surface area contributed by atoms with Crippen molar-refractivity contribution in [2.75, 3.05) is 26.4 Å². The maximum absolute atomic E-state index is 12.1. The Morgan fingerprint density at radius 2 is 2.21 bits per heavy atom. The van der Waals surface area contributed by atoms with Gasteiger partial charge in [-0.15, -0.1) is 0 Å². The number of anilines is 1. The van der Waals surface area contributed by atoms with E-state index in [2.05, 4.69) is 9.72 Å². The third kappa shape index (κ3) is 4.40. The Balaban J connectivity index is 2.61. The molecule has 7 heteroatoms. The number of esters is 1. The Hall–Kier alpha value is -1.82. The van der Waals surface area contributed by atoms with Crippen LogP contribution in [-0.4, -0.2) is 42.5 Å². The molecule has 1 rings (SSSR count). The number of pyridine rings is 1. The molecule has 0 saturated heterocycles. The number of hydrogen-bond acceptors (Lipinski definition) is 5. The van der Waals surface area contributed by atoms with Crippen molar-refractivity contribution in [3.63, 3.8) is 0 Å². The maximum Gasteiger partial charge on any atom is 0.305 e. The molecule has 0 unspecified atom stereocenters. The number of nitrogen functional groups attached to an aromatic ring is 1. The van der Waals surface area contributed by atoms with Gasteiger partial charge in [0.2, 0.25) is 0 Å². The molecule has 0 saturated carbocycles. The highest BCUT2D eigenvalue weighted by Gasteiger charge is 2.16. The molecule has 0 atom stereocenters. The summed E-state index contributed by atoms with van der Waals surface area (Å²) >= 11 is 5.85. The standard InChI is InChI=1S/C12H16ClN3O3/c1-16(5-3-4-10(17)19-2)12(18)9-6-8(14)7-15-11(9)13/h6-7H,3-5,14H2,1-2H3. The van der Waals surface area contributed by atoms with Crippen LogP contribution in [0, 0.1) is 0 Å². The number of ether oxygens (including phenoxy) is 1. The van der Waals surface area contributed by atoms with Crippen LogP contribution < -0.4 is 5.73 Å². The highest BCUT2D eigenvalue weighted by Crippen LogP contribution is 2.17. The first-order chi connectivity index (χ1) is 8.95. The lowest BCUT2D eigenvalue weighted by molar-refractivity contribution is -0.140. The molecule has 2 N–H and O–H groups in total. The quantitative estimate of drug-likeness (QED) is 0.652. The normalized spacial score (nSPS) is 10.1. The van der Waals surface area contributed by atoms with E-state index in [-0.39, 0.29) is 29.0 Å². The van der Waals surface area contributed by atoms with Crippen molar-refractivity contribution in [1.82, 2.24) is 9.88 Å². The second-order valence-corrected chi connectivity index (χ2v) is 4.37. The average molecular weight is 286 g/mol. The predicted octanol–water partition coefficient (Wildman–Crippen LogP) is 1.34. The molecular formula is C12H16ClN3O3. The van der Waals surface area contributed by atoms with Gasteiger partial charge >= 0.3 is 5.97 Å². The molecule has 6 nitrogen and oxygen atoms in total. The first kappa shape index (κ1) is 15.2. The average Bonchev–Trinajstić information content (AvgIpc) is 2.40. The summed E-state index contributed by atoms with van der Waals surface area (Å²) in [6.45, 7) is 0.416. The number of carbonyl (C=O) groups is 2. The number of hydrogen-bond donors (Lipinski definition) is 1. The first-order valence-corrected chi connectivity index (χ1v) is 6.06. The Kier molecular flexibility index (Phi) is 5.57. The second-order valence-electron chi connectivity index (χ2n) is 4.01. The van der Waals surface area contributed by atoms with Gasteiger partial charge < -0.3 is 15.4 Å². The molecule has 19 heavy (non-hydrogen) atoms. The fourth-order valence-electron chi connectivity index (χ4n) is 1.48. The van der Waals surface area contributed by atoms with Crippen molar-refractivity contribution in [3.8, 4) is 0 Å². The number of amides is 1. The number of carbonyl (C=O) groups excluding carboxylic acids is 2. The molecule has 1 aromatic rings. The lowest BCUT2D eigenvalue weighted by Gasteiger charge is -2.17. The highest BCUT2D eigenvalue weighted by molar-refractivity contribution is 6.32. The van der Waals surface area contributed by atoms with Gasteiger partial charge in [0.15, 0.2) is 0 Å². The summed E-state index contributed by atoms with van der Waals surface area (Å²) in [4.78, 5) is 28.3. The Morgan fingerprint density at radius 1 is 1.53 bits per heavy atom. The van der Waals surface area contributed by atoms with Crippen molar-refractivity contribution >= 4 is 29.2 Å². The van der Waals surface area contributed by atoms with Gasteiger partial charge in [-0.3, -0.25) is 9.59 Å². The van der Waals surface area contributed by atoms with E-state index in [1.54, 1.807) is 7.05 Å². The number of halogens is 1. The lowest BCUT2D eigenvalue weighted by Crippen LogP contribution is -2.28. The third-order valence-electron chi connectivity index (χ3n) is 2.54. The van der Waals surface area contributed by atoms with Crippen LogP contribution in [-0.2, 0) is 9.53 Å². The number of nitrogens with zero attached hydrogens (tertiary/aromatic N) is 2. The van der Waals surface area contributed by atoms with Crippen LogP contribution in [0.4, 0.5) is 5.69 Å². The van der Waals surface area contributed by atoms with Crippen LogP contribution in [0.5, 0.6) is 0 Å². The minimum absolute atomic E-state index is 0.110. The van der Waals surface area contributed by atoms with Gasteiger partial charge in [-0.2, -0.15) is 0 Å². The summed E-state index contributed by atoms with van der Waals surface area (Å²) in [5, 5.41) is 0.110. The minimum Gasteiger partial charge on any atom is -0.469 e. The number of rotatable bonds is 5. The van der Waals surface area contributed by atoms with Crippen molar-refractivity contribution in [2.45, 2.75) is 12.8 Å². The summed E-state index contributed by atoms with van der Waals surface area (Å²) in [6, 6.07) is 1.48. The molecule has 0 aliphatic carbocycles. The first-order valence-electron chi connectivity index (χ1n) is 5.69. The van der Waals surface area contributed by atoms with E-state index >= 15 is 0 Å². The summed E-state index contributed by atoms with van der Waals surface area (Å²) in [6.07, 6.45) is 2.16. The molecule has 104 valence electrons. The van der Waals surface area contributed by atoms with Crippen molar-refractivity contribution < 1.29 is 14.3 Å². The molecule has 1 heterocycles. The molecule has 0 aliphatic rings. The summed E-state index contributed by atoms with van der Waals surface area (Å²) in [5.41, 5.74) is 6.19. The smallest absolute Gasteiger partial charge is 0.305 e. The maximum atomic E-state index is 12.1. The van der Waals surface area contributed by atoms with Crippen LogP contribution in [0.15, 0.2) is 12.3 Å². The van der Waals surface area contributed by atoms with Crippen molar-refractivity contribution in [3.05, 3.63) is 23.0 Å². The third-order valence-corrected chi connectivity index (χ3v) is 2.84. The van der Waals surface area contributed by atoms with Crippen LogP contribution in [0.3, 0.4) is 0 Å². The minimum atomic E-state index is -0.301. The lowest BCUT2D eigenvalue weighted by atomic mass is 10.2. The van der Waals surface area contributed by atoms with E-state index in [1.807, 2.05) is 0 Å². The molecule has 0 radical (unpaired) electrons. The SMILES string of the molecule is COC(=O)CCCN(C)C(=O)c1cc(N)cnc1Cl. The molecule has 0 bridgehead atoms. The van der Waals surface area contributed by atoms with Crippen LogP contribution in [0.1, 0.15) is 23.2 Å². The van der Waals surface area contributed by atoms with E-state index in [9.17, 15) is 9.59 Å². The fourth-order valence-corrected chi connectivity index (χ4v) is 1.67. The molecule has 1 amide bonds. The van der Waals surface area contributed by atoms with E-state index in [4.69, 9.17) is 17.3 Å². The number of aromatic nitrogens is 1. The van der Waals surface area contributed by atoms with Crippen molar-refractivity contribution in [2.24, 2.45) is 0 Å². The number of methoxy groups -OCH3 is 1. The largest absolute Gasteiger partial charge is 0.469 e. The zero-order valence-corrected chi connectivity index (χ0v) is 11.6. The molecule has 0 fully saturated rings. The molecule has 1 aromatic heterocycles. The molecular weight excluding hydrogens is 270 g/mol. The summed E-state index contributed by atoms with van der Waals surface area (Å²) in [5.74, 6) is -0.584. The predicted molar refractivity (Wildman–Crippen MR) is 71.9 cm³/mol. The van der Waals surface area contributed by atoms with E-state index in [0.717, 1.165) is 0 Å². The molecule has 0 spiro atoms. The Bertz CT molecular complexity index is 479. The summed E-state index contributed by atoms with van der Waals surface area (Å²) < 4.78 is 4.52. The molecule has 0 aliphatic heterocycles. The van der Waals surface area contributed by atoms with Gasteiger partial charge in [-0.25, -0.2) is 4.98 Å². The van der Waals surface area contributed by atoms with Gasteiger partial charge in [0.25, 0.3) is 5.91 Å². The Morgan fingerprint density at radius 3 is 2.84 bits per heavy atom. The second kappa shape index (κ2) is 6.94. The van der Waals surface area contributed by atoms with Gasteiger partial charge in [-0.05, 0) is 12.5 Å². The van der Waals surface area contributed by atoms with Gasteiger partial charge in [0.05, 0.1) is 24.6 Å². The monoisotopic (exact) mass is 285 g/mol. The zero-order valence-electron chi connectivity index (χ0n) is 10.9. The van der Waals surface area contributed by atoms with E-state index in [0.29, 0.717) is 18.7 Å². The van der Waals surface area contributed by atoms with Gasteiger partial charge in [0.1, 0.15) is 5.15 Å². The fraction of sp³-hybridized carbons (Fsp3) is 0.417. The zero-order chi connectivity index (χ0) is 14.4. The highest BCUT2D eigenvalue weighted by atomic mass is 35.5. The van der Waals surface area contributed by atoms with Crippen molar-refractivity contribution in [1.29, 1.82) is 0 Å². The van der Waals surface area contributed by atoms with Gasteiger partial charge in [-0.1, -0.05) is 11.6 Å². The Labute approximate surface area is 116 Å². The number of nitrogens with two attached hydrogens (primary N) is 1. The summed E-state index contributed by atoms with van der Waals surface area (Å²) in [7, 11) is 2.95. The van der Waals surface area contributed by atoms with E-state index < -0.39 is 0 Å². The topological polar surface area (TPSA) is 85.5 Å². The van der Waals surface area contributed by atoms with Gasteiger partial charge in [0, 0.05) is 20.0 Å². The van der Waals surface area contributed by atoms with Crippen LogP contribution in [0.2, 0.25) is 5.15 Å².